The molecule has 3 rings (SSSR count). The van der Waals surface area contributed by atoms with Gasteiger partial charge in [0, 0.05) is 30.4 Å². The van der Waals surface area contributed by atoms with Gasteiger partial charge in [0.2, 0.25) is 5.91 Å². The van der Waals surface area contributed by atoms with Gasteiger partial charge in [-0.3, -0.25) is 9.69 Å². The number of nitrogens with one attached hydrogen (secondary N) is 1. The molecule has 0 saturated carbocycles. The molecule has 2 aromatic rings. The molecule has 2 heterocycles. The second-order valence-corrected chi connectivity index (χ2v) is 6.06. The van der Waals surface area contributed by atoms with Crippen LogP contribution in [-0.4, -0.2) is 48.1 Å². The van der Waals surface area contributed by atoms with Crippen LogP contribution in [0, 0.1) is 0 Å². The monoisotopic (exact) mass is 346 g/mol. The fourth-order valence-corrected chi connectivity index (χ4v) is 3.02. The summed E-state index contributed by atoms with van der Waals surface area (Å²) in [6.07, 6.45) is 1.62. The van der Waals surface area contributed by atoms with Crippen molar-refractivity contribution in [3.8, 4) is 5.75 Å². The molecular formula is C16H18N4O3S. The van der Waals surface area contributed by atoms with Gasteiger partial charge in [0.05, 0.1) is 6.61 Å². The number of rotatable bonds is 6. The Bertz CT molecular complexity index is 703. The van der Waals surface area contributed by atoms with Gasteiger partial charge < -0.3 is 15.0 Å². The highest BCUT2D eigenvalue weighted by Crippen LogP contribution is 2.23. The second kappa shape index (κ2) is 7.31. The lowest BCUT2D eigenvalue weighted by Crippen LogP contribution is -2.37. The van der Waals surface area contributed by atoms with E-state index in [2.05, 4.69) is 10.3 Å². The number of ether oxygens (including phenoxy) is 1. The minimum absolute atomic E-state index is 0.0198. The van der Waals surface area contributed by atoms with E-state index in [1.165, 1.54) is 16.2 Å². The largest absolute Gasteiger partial charge is 0.494 e. The van der Waals surface area contributed by atoms with E-state index in [-0.39, 0.29) is 18.5 Å². The van der Waals surface area contributed by atoms with Crippen LogP contribution in [0.3, 0.4) is 0 Å². The number of nitrogens with zero attached hydrogens (tertiary/aromatic N) is 3. The third-order valence-electron chi connectivity index (χ3n) is 3.57. The molecular weight excluding hydrogens is 328 g/mol. The molecule has 0 spiro atoms. The van der Waals surface area contributed by atoms with Crippen LogP contribution >= 0.6 is 11.3 Å². The lowest BCUT2D eigenvalue weighted by Gasteiger charge is -2.18. The number of amides is 3. The average Bonchev–Trinajstić information content (AvgIpc) is 3.20. The first kappa shape index (κ1) is 16.3. The molecule has 0 unspecified atom stereocenters. The number of urea groups is 1. The highest BCUT2D eigenvalue weighted by atomic mass is 32.1. The number of hydrogen-bond donors (Lipinski definition) is 1. The fraction of sp³-hybridized carbons (Fsp3) is 0.312. The zero-order chi connectivity index (χ0) is 16.9. The number of benzene rings is 1. The zero-order valence-corrected chi connectivity index (χ0v) is 14.1. The molecule has 0 bridgehead atoms. The summed E-state index contributed by atoms with van der Waals surface area (Å²) in [6.45, 7) is 3.61. The second-order valence-electron chi connectivity index (χ2n) is 5.17. The Morgan fingerprint density at radius 2 is 2.12 bits per heavy atom. The normalized spacial score (nSPS) is 14.1. The van der Waals surface area contributed by atoms with Gasteiger partial charge >= 0.3 is 6.03 Å². The van der Waals surface area contributed by atoms with Crippen LogP contribution in [0.15, 0.2) is 35.8 Å². The minimum atomic E-state index is -0.244. The molecule has 1 aromatic heterocycles. The predicted octanol–water partition coefficient (Wildman–Crippen LogP) is 2.42. The number of anilines is 2. The quantitative estimate of drug-likeness (QED) is 0.872. The Kier molecular flexibility index (Phi) is 4.95. The van der Waals surface area contributed by atoms with Gasteiger partial charge in [-0.05, 0) is 31.2 Å². The summed E-state index contributed by atoms with van der Waals surface area (Å²) in [5, 5.41) is 5.00. The van der Waals surface area contributed by atoms with Crippen molar-refractivity contribution >= 4 is 34.1 Å². The number of aromatic nitrogens is 1. The molecule has 8 heteroatoms. The fourth-order valence-electron chi connectivity index (χ4n) is 2.48. The first-order chi connectivity index (χ1) is 11.7. The van der Waals surface area contributed by atoms with E-state index in [0.29, 0.717) is 24.8 Å². The van der Waals surface area contributed by atoms with E-state index < -0.39 is 0 Å². The maximum Gasteiger partial charge on any atom is 0.325 e. The van der Waals surface area contributed by atoms with E-state index in [0.717, 1.165) is 11.4 Å². The third kappa shape index (κ3) is 3.65. The van der Waals surface area contributed by atoms with Crippen LogP contribution in [0.5, 0.6) is 5.75 Å². The van der Waals surface area contributed by atoms with Gasteiger partial charge in [0.15, 0.2) is 5.13 Å². The lowest BCUT2D eigenvalue weighted by molar-refractivity contribution is -0.116. The summed E-state index contributed by atoms with van der Waals surface area (Å²) in [5.74, 6) is 0.527. The van der Waals surface area contributed by atoms with Crippen molar-refractivity contribution in [2.45, 2.75) is 6.92 Å². The summed E-state index contributed by atoms with van der Waals surface area (Å²) >= 11 is 1.34. The number of carbonyl (C=O) groups is 2. The van der Waals surface area contributed by atoms with E-state index in [9.17, 15) is 9.59 Å². The molecule has 7 nitrogen and oxygen atoms in total. The van der Waals surface area contributed by atoms with Gasteiger partial charge in [-0.2, -0.15) is 0 Å². The SMILES string of the molecule is CCOc1ccc(N2CCN(CC(=O)Nc3nccs3)C2=O)cc1. The maximum atomic E-state index is 12.5. The summed E-state index contributed by atoms with van der Waals surface area (Å²) in [7, 11) is 0. The Labute approximate surface area is 143 Å². The average molecular weight is 346 g/mol. The van der Waals surface area contributed by atoms with Crippen LogP contribution in [0.1, 0.15) is 6.92 Å². The molecule has 1 saturated heterocycles. The smallest absolute Gasteiger partial charge is 0.325 e. The first-order valence-corrected chi connectivity index (χ1v) is 8.54. The van der Waals surface area contributed by atoms with E-state index in [4.69, 9.17) is 4.74 Å². The lowest BCUT2D eigenvalue weighted by atomic mass is 10.3. The molecule has 0 atom stereocenters. The predicted molar refractivity (Wildman–Crippen MR) is 92.7 cm³/mol. The Morgan fingerprint density at radius 3 is 2.79 bits per heavy atom. The number of hydrogen-bond acceptors (Lipinski definition) is 5. The summed E-state index contributed by atoms with van der Waals surface area (Å²) in [6, 6.07) is 7.20. The molecule has 1 aromatic carbocycles. The Morgan fingerprint density at radius 1 is 1.33 bits per heavy atom. The van der Waals surface area contributed by atoms with Crippen molar-refractivity contribution in [3.63, 3.8) is 0 Å². The van der Waals surface area contributed by atoms with Crippen molar-refractivity contribution in [3.05, 3.63) is 35.8 Å². The van der Waals surface area contributed by atoms with Gasteiger partial charge in [0.25, 0.3) is 0 Å². The summed E-state index contributed by atoms with van der Waals surface area (Å²) in [5.41, 5.74) is 0.797. The Hall–Kier alpha value is -2.61. The zero-order valence-electron chi connectivity index (χ0n) is 13.3. The van der Waals surface area contributed by atoms with Crippen molar-refractivity contribution in [2.24, 2.45) is 0 Å². The van der Waals surface area contributed by atoms with Crippen molar-refractivity contribution in [2.75, 3.05) is 36.5 Å². The Balaban J connectivity index is 1.59. The minimum Gasteiger partial charge on any atom is -0.494 e. The van der Waals surface area contributed by atoms with Crippen LogP contribution in [-0.2, 0) is 4.79 Å². The van der Waals surface area contributed by atoms with Crippen molar-refractivity contribution in [1.29, 1.82) is 0 Å². The first-order valence-electron chi connectivity index (χ1n) is 7.66. The number of thiazole rings is 1. The summed E-state index contributed by atoms with van der Waals surface area (Å²) in [4.78, 5) is 31.7. The van der Waals surface area contributed by atoms with Crippen LogP contribution in [0.25, 0.3) is 0 Å². The van der Waals surface area contributed by atoms with Crippen LogP contribution in [0.4, 0.5) is 15.6 Å². The molecule has 1 aliphatic heterocycles. The van der Waals surface area contributed by atoms with Crippen molar-refractivity contribution < 1.29 is 14.3 Å². The van der Waals surface area contributed by atoms with Gasteiger partial charge in [0.1, 0.15) is 12.3 Å². The van der Waals surface area contributed by atoms with E-state index >= 15 is 0 Å². The van der Waals surface area contributed by atoms with Gasteiger partial charge in [-0.25, -0.2) is 9.78 Å². The third-order valence-corrected chi connectivity index (χ3v) is 4.26. The molecule has 24 heavy (non-hydrogen) atoms. The summed E-state index contributed by atoms with van der Waals surface area (Å²) < 4.78 is 5.40. The molecule has 1 aliphatic rings. The van der Waals surface area contributed by atoms with E-state index in [1.54, 1.807) is 16.5 Å². The van der Waals surface area contributed by atoms with Gasteiger partial charge in [-0.15, -0.1) is 11.3 Å². The highest BCUT2D eigenvalue weighted by molar-refractivity contribution is 7.13. The highest BCUT2D eigenvalue weighted by Gasteiger charge is 2.30. The van der Waals surface area contributed by atoms with Crippen molar-refractivity contribution in [1.82, 2.24) is 9.88 Å². The van der Waals surface area contributed by atoms with Crippen LogP contribution in [0.2, 0.25) is 0 Å². The molecule has 1 N–H and O–H groups in total. The molecule has 0 radical (unpaired) electrons. The topological polar surface area (TPSA) is 74.8 Å². The van der Waals surface area contributed by atoms with E-state index in [1.807, 2.05) is 31.2 Å². The van der Waals surface area contributed by atoms with Gasteiger partial charge in [-0.1, -0.05) is 0 Å². The number of carbonyl (C=O) groups excluding carboxylic acids is 2. The standard InChI is InChI=1S/C16H18N4O3S/c1-2-23-13-5-3-12(4-6-13)20-9-8-19(16(20)22)11-14(21)18-15-17-7-10-24-15/h3-7,10H,2,8-9,11H2,1H3,(H,17,18,21). The molecule has 3 amide bonds. The molecule has 126 valence electrons. The van der Waals surface area contributed by atoms with Crippen LogP contribution < -0.4 is 15.0 Å². The maximum absolute atomic E-state index is 12.5. The molecule has 1 fully saturated rings. The molecule has 0 aliphatic carbocycles.